The van der Waals surface area contributed by atoms with Crippen molar-refractivity contribution < 1.29 is 19.4 Å². The zero-order valence-electron chi connectivity index (χ0n) is 15.8. The van der Waals surface area contributed by atoms with Gasteiger partial charge >= 0.3 is 0 Å². The van der Waals surface area contributed by atoms with E-state index in [1.807, 2.05) is 0 Å². The van der Waals surface area contributed by atoms with Gasteiger partial charge in [-0.15, -0.1) is 0 Å². The summed E-state index contributed by atoms with van der Waals surface area (Å²) in [6, 6.07) is 12.8. The molecule has 31 heavy (non-hydrogen) atoms. The zero-order chi connectivity index (χ0) is 22.3. The lowest BCUT2D eigenvalue weighted by Crippen LogP contribution is -2.22. The van der Waals surface area contributed by atoms with Gasteiger partial charge < -0.3 is 5.73 Å². The van der Waals surface area contributed by atoms with Crippen LogP contribution < -0.4 is 5.73 Å². The van der Waals surface area contributed by atoms with Gasteiger partial charge in [-0.25, -0.2) is 0 Å². The highest BCUT2D eigenvalue weighted by Crippen LogP contribution is 2.34. The molecule has 0 aliphatic heterocycles. The number of rotatable bonds is 4. The molecule has 0 atom stereocenters. The van der Waals surface area contributed by atoms with Gasteiger partial charge in [-0.05, 0) is 23.8 Å². The SMILES string of the molecule is Nc1c(C=Cc2ccc([N+](=O)[O-])cc2[N+](=O)[O-])ccc2c1C(=O)c1ccccc1C2=O. The molecule has 9 nitrogen and oxygen atoms in total. The molecule has 3 aromatic rings. The molecule has 0 saturated heterocycles. The standard InChI is InChI=1S/C22H13N3O6/c23-20-13(6-5-12-7-9-14(24(28)29)11-18(12)25(30)31)8-10-17-19(20)22(27)16-4-2-1-3-15(16)21(17)26/h1-11H,23H2. The summed E-state index contributed by atoms with van der Waals surface area (Å²) in [6.45, 7) is 0. The fourth-order valence-electron chi connectivity index (χ4n) is 3.50. The molecule has 0 heterocycles. The third-order valence-corrected chi connectivity index (χ3v) is 5.03. The molecule has 0 saturated carbocycles. The molecule has 1 aliphatic rings. The Morgan fingerprint density at radius 3 is 2.00 bits per heavy atom. The Bertz CT molecular complexity index is 1340. The van der Waals surface area contributed by atoms with Crippen LogP contribution in [0.1, 0.15) is 43.0 Å². The molecular weight excluding hydrogens is 402 g/mol. The third kappa shape index (κ3) is 3.23. The average molecular weight is 415 g/mol. The van der Waals surface area contributed by atoms with E-state index in [-0.39, 0.29) is 39.5 Å². The second-order valence-corrected chi connectivity index (χ2v) is 6.79. The Morgan fingerprint density at radius 2 is 1.35 bits per heavy atom. The van der Waals surface area contributed by atoms with E-state index in [0.717, 1.165) is 12.1 Å². The van der Waals surface area contributed by atoms with Crippen LogP contribution in [0.25, 0.3) is 12.2 Å². The van der Waals surface area contributed by atoms with Gasteiger partial charge in [0.2, 0.25) is 0 Å². The largest absolute Gasteiger partial charge is 0.398 e. The quantitative estimate of drug-likeness (QED) is 0.229. The summed E-state index contributed by atoms with van der Waals surface area (Å²) in [5, 5.41) is 22.2. The van der Waals surface area contributed by atoms with Crippen LogP contribution in [0.15, 0.2) is 54.6 Å². The van der Waals surface area contributed by atoms with E-state index in [0.29, 0.717) is 11.1 Å². The van der Waals surface area contributed by atoms with E-state index in [1.54, 1.807) is 30.3 Å². The van der Waals surface area contributed by atoms with Crippen molar-refractivity contribution in [3.05, 3.63) is 108 Å². The molecule has 0 unspecified atom stereocenters. The van der Waals surface area contributed by atoms with Gasteiger partial charge in [0.1, 0.15) is 0 Å². The summed E-state index contributed by atoms with van der Waals surface area (Å²) < 4.78 is 0. The molecule has 0 amide bonds. The number of non-ortho nitro benzene ring substituents is 1. The van der Waals surface area contributed by atoms with Gasteiger partial charge in [0.05, 0.1) is 32.7 Å². The van der Waals surface area contributed by atoms with Crippen molar-refractivity contribution in [1.82, 2.24) is 0 Å². The number of benzene rings is 3. The third-order valence-electron chi connectivity index (χ3n) is 5.03. The van der Waals surface area contributed by atoms with Gasteiger partial charge in [-0.3, -0.25) is 29.8 Å². The molecule has 9 heteroatoms. The Hall–Kier alpha value is -4.66. The predicted molar refractivity (Wildman–Crippen MR) is 113 cm³/mol. The molecule has 2 N–H and O–H groups in total. The summed E-state index contributed by atoms with van der Waals surface area (Å²) in [7, 11) is 0. The van der Waals surface area contributed by atoms with E-state index >= 15 is 0 Å². The summed E-state index contributed by atoms with van der Waals surface area (Å²) in [4.78, 5) is 46.4. The van der Waals surface area contributed by atoms with Crippen molar-refractivity contribution in [2.75, 3.05) is 5.73 Å². The lowest BCUT2D eigenvalue weighted by Gasteiger charge is -2.19. The fraction of sp³-hybridized carbons (Fsp3) is 0. The highest BCUT2D eigenvalue weighted by molar-refractivity contribution is 6.30. The number of carbonyl (C=O) groups is 2. The zero-order valence-corrected chi connectivity index (χ0v) is 15.8. The summed E-state index contributed by atoms with van der Waals surface area (Å²) >= 11 is 0. The second-order valence-electron chi connectivity index (χ2n) is 6.79. The topological polar surface area (TPSA) is 146 Å². The first-order chi connectivity index (χ1) is 14.8. The van der Waals surface area contributed by atoms with Crippen LogP contribution in [0.5, 0.6) is 0 Å². The smallest absolute Gasteiger partial charge is 0.283 e. The molecule has 0 aromatic heterocycles. The van der Waals surface area contributed by atoms with Crippen molar-refractivity contribution in [3.63, 3.8) is 0 Å². The molecule has 0 radical (unpaired) electrons. The van der Waals surface area contributed by atoms with Gasteiger partial charge in [-0.2, -0.15) is 0 Å². The first kappa shape index (κ1) is 19.6. The Balaban J connectivity index is 1.78. The number of fused-ring (bicyclic) bond motifs is 2. The minimum atomic E-state index is -0.720. The van der Waals surface area contributed by atoms with Crippen molar-refractivity contribution in [2.45, 2.75) is 0 Å². The number of nitrogens with zero attached hydrogens (tertiary/aromatic N) is 2. The molecule has 152 valence electrons. The monoisotopic (exact) mass is 415 g/mol. The Labute approximate surface area is 174 Å². The highest BCUT2D eigenvalue weighted by Gasteiger charge is 2.31. The van der Waals surface area contributed by atoms with E-state index in [1.165, 1.54) is 24.3 Å². The number of nitrogen functional groups attached to an aromatic ring is 1. The Kier molecular flexibility index (Phi) is 4.63. The van der Waals surface area contributed by atoms with Gasteiger partial charge in [0.15, 0.2) is 11.6 Å². The summed E-state index contributed by atoms with van der Waals surface area (Å²) in [5.74, 6) is -0.683. The number of anilines is 1. The first-order valence-corrected chi connectivity index (χ1v) is 9.01. The van der Waals surface area contributed by atoms with Gasteiger partial charge in [-0.1, -0.05) is 36.4 Å². The first-order valence-electron chi connectivity index (χ1n) is 9.01. The Morgan fingerprint density at radius 1 is 0.742 bits per heavy atom. The minimum absolute atomic E-state index is 0.0752. The van der Waals surface area contributed by atoms with E-state index < -0.39 is 21.2 Å². The average Bonchev–Trinajstić information content (AvgIpc) is 2.76. The van der Waals surface area contributed by atoms with Crippen LogP contribution in [-0.4, -0.2) is 21.4 Å². The number of nitrogens with two attached hydrogens (primary N) is 1. The van der Waals surface area contributed by atoms with Crippen molar-refractivity contribution in [1.29, 1.82) is 0 Å². The molecule has 0 bridgehead atoms. The minimum Gasteiger partial charge on any atom is -0.398 e. The fourth-order valence-corrected chi connectivity index (χ4v) is 3.50. The van der Waals surface area contributed by atoms with Gasteiger partial charge in [0, 0.05) is 22.8 Å². The molecular formula is C22H13N3O6. The maximum Gasteiger partial charge on any atom is 0.283 e. The van der Waals surface area contributed by atoms with Crippen LogP contribution in [0, 0.1) is 20.2 Å². The number of ketones is 2. The lowest BCUT2D eigenvalue weighted by atomic mass is 9.82. The van der Waals surface area contributed by atoms with E-state index in [2.05, 4.69) is 0 Å². The molecule has 0 spiro atoms. The molecule has 4 rings (SSSR count). The second kappa shape index (κ2) is 7.30. The van der Waals surface area contributed by atoms with Gasteiger partial charge in [0.25, 0.3) is 11.4 Å². The van der Waals surface area contributed by atoms with Crippen molar-refractivity contribution in [3.8, 4) is 0 Å². The van der Waals surface area contributed by atoms with Crippen LogP contribution in [0.2, 0.25) is 0 Å². The van der Waals surface area contributed by atoms with Crippen LogP contribution in [0.4, 0.5) is 17.1 Å². The van der Waals surface area contributed by atoms with Crippen LogP contribution >= 0.6 is 0 Å². The van der Waals surface area contributed by atoms with Crippen LogP contribution in [0.3, 0.4) is 0 Å². The maximum absolute atomic E-state index is 12.9. The number of nitro groups is 2. The number of hydrogen-bond donors (Lipinski definition) is 1. The number of nitro benzene ring substituents is 2. The normalized spacial score (nSPS) is 12.5. The highest BCUT2D eigenvalue weighted by atomic mass is 16.6. The summed E-state index contributed by atoms with van der Waals surface area (Å²) in [5.41, 5.74) is 6.78. The lowest BCUT2D eigenvalue weighted by molar-refractivity contribution is -0.394. The van der Waals surface area contributed by atoms with Crippen molar-refractivity contribution in [2.24, 2.45) is 0 Å². The predicted octanol–water partition coefficient (Wildman–Crippen LogP) is 4.03. The molecule has 1 aliphatic carbocycles. The van der Waals surface area contributed by atoms with E-state index in [4.69, 9.17) is 5.73 Å². The summed E-state index contributed by atoms with van der Waals surface area (Å²) in [6.07, 6.45) is 2.84. The molecule has 0 fully saturated rings. The maximum atomic E-state index is 12.9. The van der Waals surface area contributed by atoms with Crippen molar-refractivity contribution >= 4 is 40.8 Å². The number of carbonyl (C=O) groups excluding carboxylic acids is 2. The number of hydrogen-bond acceptors (Lipinski definition) is 7. The van der Waals surface area contributed by atoms with E-state index in [9.17, 15) is 29.8 Å². The molecule has 3 aromatic carbocycles. The van der Waals surface area contributed by atoms with Crippen LogP contribution in [-0.2, 0) is 0 Å².